The number of halogens is 2. The maximum atomic E-state index is 13.8. The van der Waals surface area contributed by atoms with Crippen molar-refractivity contribution in [1.82, 2.24) is 24.2 Å². The first-order valence-corrected chi connectivity index (χ1v) is 8.92. The molecule has 4 rings (SSSR count). The molecule has 1 fully saturated rings. The lowest BCUT2D eigenvalue weighted by Crippen LogP contribution is -2.38. The maximum absolute atomic E-state index is 13.8. The van der Waals surface area contributed by atoms with Crippen molar-refractivity contribution >= 4 is 0 Å². The highest BCUT2D eigenvalue weighted by Gasteiger charge is 2.19. The van der Waals surface area contributed by atoms with Gasteiger partial charge in [-0.1, -0.05) is 0 Å². The zero-order valence-corrected chi connectivity index (χ0v) is 15.1. The monoisotopic (exact) mass is 373 g/mol. The Morgan fingerprint density at radius 2 is 1.89 bits per heavy atom. The molecular formula is C19H21F2N5O. The van der Waals surface area contributed by atoms with E-state index in [1.807, 2.05) is 23.9 Å². The highest BCUT2D eigenvalue weighted by Crippen LogP contribution is 2.31. The van der Waals surface area contributed by atoms with E-state index in [2.05, 4.69) is 15.0 Å². The van der Waals surface area contributed by atoms with Gasteiger partial charge >= 0.3 is 0 Å². The lowest BCUT2D eigenvalue weighted by molar-refractivity contribution is 0.0364. The van der Waals surface area contributed by atoms with E-state index >= 15 is 0 Å². The van der Waals surface area contributed by atoms with E-state index in [-0.39, 0.29) is 0 Å². The van der Waals surface area contributed by atoms with Gasteiger partial charge in [0.1, 0.15) is 5.69 Å². The van der Waals surface area contributed by atoms with Crippen molar-refractivity contribution in [3.8, 4) is 22.6 Å². The fourth-order valence-corrected chi connectivity index (χ4v) is 3.29. The first-order chi connectivity index (χ1) is 13.1. The lowest BCUT2D eigenvalue weighted by atomic mass is 10.1. The molecule has 0 atom stereocenters. The average Bonchev–Trinajstić information content (AvgIpc) is 3.29. The minimum Gasteiger partial charge on any atom is -0.379 e. The van der Waals surface area contributed by atoms with Gasteiger partial charge in [0.25, 0.3) is 0 Å². The van der Waals surface area contributed by atoms with E-state index in [0.717, 1.165) is 56.8 Å². The van der Waals surface area contributed by atoms with Gasteiger partial charge in [0.2, 0.25) is 0 Å². The molecule has 3 heterocycles. The predicted octanol–water partition coefficient (Wildman–Crippen LogP) is 2.56. The minimum absolute atomic E-state index is 0.527. The Morgan fingerprint density at radius 1 is 1.07 bits per heavy atom. The summed E-state index contributed by atoms with van der Waals surface area (Å²) in [5.41, 5.74) is 2.67. The third-order valence-electron chi connectivity index (χ3n) is 4.75. The summed E-state index contributed by atoms with van der Waals surface area (Å²) < 4.78 is 36.2. The average molecular weight is 373 g/mol. The Kier molecular flexibility index (Phi) is 5.00. The van der Waals surface area contributed by atoms with Gasteiger partial charge in [-0.2, -0.15) is 5.10 Å². The first-order valence-electron chi connectivity index (χ1n) is 8.92. The van der Waals surface area contributed by atoms with Crippen LogP contribution in [0.2, 0.25) is 0 Å². The zero-order chi connectivity index (χ0) is 18.8. The summed E-state index contributed by atoms with van der Waals surface area (Å²) in [6.45, 7) is 4.89. The molecule has 0 aliphatic carbocycles. The Morgan fingerprint density at radius 3 is 2.59 bits per heavy atom. The molecule has 142 valence electrons. The summed E-state index contributed by atoms with van der Waals surface area (Å²) in [6, 6.07) is 5.74. The fourth-order valence-electron chi connectivity index (χ4n) is 3.29. The van der Waals surface area contributed by atoms with Crippen LogP contribution in [0.25, 0.3) is 22.6 Å². The van der Waals surface area contributed by atoms with Gasteiger partial charge in [-0.05, 0) is 24.3 Å². The topological polar surface area (TPSA) is 48.1 Å². The van der Waals surface area contributed by atoms with E-state index in [0.29, 0.717) is 11.3 Å². The normalized spacial score (nSPS) is 15.4. The van der Waals surface area contributed by atoms with Crippen LogP contribution in [0, 0.1) is 11.6 Å². The number of morpholine rings is 1. The Labute approximate surface area is 156 Å². The lowest BCUT2D eigenvalue weighted by Gasteiger charge is -2.26. The Balaban J connectivity index is 1.68. The van der Waals surface area contributed by atoms with Crippen molar-refractivity contribution in [2.75, 3.05) is 32.8 Å². The van der Waals surface area contributed by atoms with Crippen LogP contribution in [-0.4, -0.2) is 57.1 Å². The van der Waals surface area contributed by atoms with Gasteiger partial charge in [-0.15, -0.1) is 0 Å². The maximum Gasteiger partial charge on any atom is 0.159 e. The standard InChI is InChI=1S/C19H21F2N5O/c1-24-5-4-17(23-24)19-18(14-2-3-15(20)16(21)12-14)22-13-26(19)7-6-25-8-10-27-11-9-25/h2-5,12-13H,6-11H2,1H3. The van der Waals surface area contributed by atoms with Gasteiger partial charge in [-0.25, -0.2) is 13.8 Å². The summed E-state index contributed by atoms with van der Waals surface area (Å²) in [7, 11) is 1.84. The number of imidazole rings is 1. The first kappa shape index (κ1) is 17.8. The van der Waals surface area contributed by atoms with Crippen molar-refractivity contribution in [3.63, 3.8) is 0 Å². The molecule has 3 aromatic rings. The van der Waals surface area contributed by atoms with Crippen LogP contribution < -0.4 is 0 Å². The number of nitrogens with zero attached hydrogens (tertiary/aromatic N) is 5. The smallest absolute Gasteiger partial charge is 0.159 e. The van der Waals surface area contributed by atoms with E-state index < -0.39 is 11.6 Å². The Hall–Kier alpha value is -2.58. The van der Waals surface area contributed by atoms with Crippen LogP contribution in [0.1, 0.15) is 0 Å². The summed E-state index contributed by atoms with van der Waals surface area (Å²) in [6.07, 6.45) is 3.59. The van der Waals surface area contributed by atoms with Crippen molar-refractivity contribution in [2.45, 2.75) is 6.54 Å². The van der Waals surface area contributed by atoms with Crippen LogP contribution in [0.3, 0.4) is 0 Å². The second-order valence-electron chi connectivity index (χ2n) is 6.59. The van der Waals surface area contributed by atoms with E-state index in [9.17, 15) is 8.78 Å². The number of ether oxygens (including phenoxy) is 1. The molecule has 1 aliphatic rings. The third kappa shape index (κ3) is 3.77. The van der Waals surface area contributed by atoms with Gasteiger partial charge in [0.15, 0.2) is 11.6 Å². The van der Waals surface area contributed by atoms with Crippen molar-refractivity contribution in [2.24, 2.45) is 7.05 Å². The van der Waals surface area contributed by atoms with Gasteiger partial charge in [-0.3, -0.25) is 9.58 Å². The van der Waals surface area contributed by atoms with Crippen LogP contribution in [-0.2, 0) is 18.3 Å². The summed E-state index contributed by atoms with van der Waals surface area (Å²) in [5, 5.41) is 4.49. The molecule has 0 radical (unpaired) electrons. The summed E-state index contributed by atoms with van der Waals surface area (Å²) in [5.74, 6) is -1.76. The zero-order valence-electron chi connectivity index (χ0n) is 15.1. The molecule has 27 heavy (non-hydrogen) atoms. The van der Waals surface area contributed by atoms with Crippen molar-refractivity contribution < 1.29 is 13.5 Å². The molecule has 1 aromatic carbocycles. The largest absolute Gasteiger partial charge is 0.379 e. The predicted molar refractivity (Wildman–Crippen MR) is 97.0 cm³/mol. The number of rotatable bonds is 5. The number of aromatic nitrogens is 4. The molecule has 8 heteroatoms. The minimum atomic E-state index is -0.887. The summed E-state index contributed by atoms with van der Waals surface area (Å²) >= 11 is 0. The molecule has 1 saturated heterocycles. The van der Waals surface area contributed by atoms with Gasteiger partial charge in [0, 0.05) is 45.0 Å². The highest BCUT2D eigenvalue weighted by atomic mass is 19.2. The molecule has 0 unspecified atom stereocenters. The molecule has 0 bridgehead atoms. The van der Waals surface area contributed by atoms with E-state index in [4.69, 9.17) is 4.74 Å². The number of benzene rings is 1. The van der Waals surface area contributed by atoms with Crippen molar-refractivity contribution in [3.05, 3.63) is 48.4 Å². The van der Waals surface area contributed by atoms with Gasteiger partial charge in [0.05, 0.1) is 30.9 Å². The van der Waals surface area contributed by atoms with E-state index in [1.54, 1.807) is 17.1 Å². The molecule has 0 saturated carbocycles. The molecule has 6 nitrogen and oxygen atoms in total. The van der Waals surface area contributed by atoms with Crippen LogP contribution in [0.5, 0.6) is 0 Å². The Bertz CT molecular complexity index is 930. The second kappa shape index (κ2) is 7.58. The molecule has 0 amide bonds. The molecule has 1 aliphatic heterocycles. The number of hydrogen-bond donors (Lipinski definition) is 0. The fraction of sp³-hybridized carbons (Fsp3) is 0.368. The number of aryl methyl sites for hydroxylation is 1. The number of hydrogen-bond acceptors (Lipinski definition) is 4. The molecular weight excluding hydrogens is 352 g/mol. The van der Waals surface area contributed by atoms with E-state index in [1.165, 1.54) is 6.07 Å². The highest BCUT2D eigenvalue weighted by molar-refractivity contribution is 5.76. The van der Waals surface area contributed by atoms with Gasteiger partial charge < -0.3 is 9.30 Å². The third-order valence-corrected chi connectivity index (χ3v) is 4.75. The molecule has 0 spiro atoms. The molecule has 0 N–H and O–H groups in total. The summed E-state index contributed by atoms with van der Waals surface area (Å²) in [4.78, 5) is 6.82. The van der Waals surface area contributed by atoms with Crippen LogP contribution in [0.4, 0.5) is 8.78 Å². The molecule has 2 aromatic heterocycles. The van der Waals surface area contributed by atoms with Crippen LogP contribution in [0.15, 0.2) is 36.8 Å². The second-order valence-corrected chi connectivity index (χ2v) is 6.59. The van der Waals surface area contributed by atoms with Crippen molar-refractivity contribution in [1.29, 1.82) is 0 Å². The quantitative estimate of drug-likeness (QED) is 0.690. The SMILES string of the molecule is Cn1ccc(-c2c(-c3ccc(F)c(F)c3)ncn2CCN2CCOCC2)n1. The van der Waals surface area contributed by atoms with Crippen LogP contribution >= 0.6 is 0 Å².